The lowest BCUT2D eigenvalue weighted by molar-refractivity contribution is -0.133. The summed E-state index contributed by atoms with van der Waals surface area (Å²) < 4.78 is 2.26. The van der Waals surface area contributed by atoms with Gasteiger partial charge in [0.1, 0.15) is 5.75 Å². The van der Waals surface area contributed by atoms with Gasteiger partial charge in [-0.3, -0.25) is 14.4 Å². The summed E-state index contributed by atoms with van der Waals surface area (Å²) in [7, 11) is 1.76. The van der Waals surface area contributed by atoms with E-state index in [1.165, 1.54) is 5.56 Å². The smallest absolute Gasteiger partial charge is 0.259 e. The molecule has 0 fully saturated rings. The van der Waals surface area contributed by atoms with Crippen molar-refractivity contribution in [2.45, 2.75) is 77.5 Å². The molecular formula is C45H46N4O4. The van der Waals surface area contributed by atoms with Crippen LogP contribution < -0.4 is 4.90 Å². The Labute approximate surface area is 311 Å². The second-order valence-corrected chi connectivity index (χ2v) is 14.9. The highest BCUT2D eigenvalue weighted by Gasteiger charge is 2.34. The molecule has 270 valence electrons. The minimum atomic E-state index is -0.268. The second kappa shape index (κ2) is 14.1. The molecule has 1 aromatic heterocycles. The zero-order chi connectivity index (χ0) is 36.8. The van der Waals surface area contributed by atoms with E-state index in [2.05, 4.69) is 35.8 Å². The Morgan fingerprint density at radius 3 is 2.28 bits per heavy atom. The Morgan fingerprint density at radius 1 is 0.774 bits per heavy atom. The van der Waals surface area contributed by atoms with E-state index in [0.29, 0.717) is 42.9 Å². The van der Waals surface area contributed by atoms with Crippen molar-refractivity contribution in [2.24, 2.45) is 0 Å². The normalized spacial score (nSPS) is 17.0. The first kappa shape index (κ1) is 34.5. The summed E-state index contributed by atoms with van der Waals surface area (Å²) in [5.41, 5.74) is 10.2. The van der Waals surface area contributed by atoms with Gasteiger partial charge in [0.05, 0.1) is 11.5 Å². The van der Waals surface area contributed by atoms with Crippen molar-refractivity contribution in [1.82, 2.24) is 14.4 Å². The van der Waals surface area contributed by atoms with E-state index < -0.39 is 0 Å². The molecule has 1 N–H and O–H groups in total. The van der Waals surface area contributed by atoms with Crippen LogP contribution in [0.25, 0.3) is 11.3 Å². The molecular weight excluding hydrogens is 661 g/mol. The van der Waals surface area contributed by atoms with Gasteiger partial charge in [-0.25, -0.2) is 0 Å². The minimum absolute atomic E-state index is 0.00316. The van der Waals surface area contributed by atoms with Crippen LogP contribution in [0.4, 0.5) is 5.69 Å². The highest BCUT2D eigenvalue weighted by molar-refractivity contribution is 6.08. The molecule has 3 aliphatic heterocycles. The second-order valence-electron chi connectivity index (χ2n) is 14.9. The molecule has 0 bridgehead atoms. The molecule has 4 heterocycles. The van der Waals surface area contributed by atoms with Crippen LogP contribution in [0.5, 0.6) is 5.75 Å². The number of anilines is 1. The Bertz CT molecular complexity index is 2210. The number of phenolic OH excluding ortho intramolecular Hbond substituents is 1. The van der Waals surface area contributed by atoms with E-state index >= 15 is 0 Å². The third-order valence-electron chi connectivity index (χ3n) is 11.6. The Morgan fingerprint density at radius 2 is 1.51 bits per heavy atom. The van der Waals surface area contributed by atoms with Crippen molar-refractivity contribution in [3.8, 4) is 17.0 Å². The fourth-order valence-electron chi connectivity index (χ4n) is 8.51. The first-order chi connectivity index (χ1) is 25.7. The van der Waals surface area contributed by atoms with Crippen LogP contribution in [0.2, 0.25) is 0 Å². The van der Waals surface area contributed by atoms with Gasteiger partial charge >= 0.3 is 0 Å². The van der Waals surface area contributed by atoms with E-state index in [-0.39, 0.29) is 35.4 Å². The topological polar surface area (TPSA) is 86.1 Å². The average Bonchev–Trinajstić information content (AvgIpc) is 3.58. The number of benzene rings is 4. The molecule has 0 radical (unpaired) electrons. The molecule has 0 unspecified atom stereocenters. The number of carbonyl (C=O) groups is 3. The Balaban J connectivity index is 1.21. The summed E-state index contributed by atoms with van der Waals surface area (Å²) >= 11 is 0. The predicted octanol–water partition coefficient (Wildman–Crippen LogP) is 7.75. The quantitative estimate of drug-likeness (QED) is 0.196. The number of nitrogens with zero attached hydrogens (tertiary/aromatic N) is 4. The molecule has 8 heteroatoms. The molecule has 2 atom stereocenters. The molecule has 4 aromatic carbocycles. The van der Waals surface area contributed by atoms with E-state index in [4.69, 9.17) is 0 Å². The number of fused-ring (bicyclic) bond motifs is 3. The highest BCUT2D eigenvalue weighted by Crippen LogP contribution is 2.38. The Kier molecular flexibility index (Phi) is 9.15. The van der Waals surface area contributed by atoms with E-state index in [0.717, 1.165) is 71.4 Å². The van der Waals surface area contributed by atoms with Crippen molar-refractivity contribution in [3.63, 3.8) is 0 Å². The monoisotopic (exact) mass is 706 g/mol. The molecule has 0 saturated heterocycles. The van der Waals surface area contributed by atoms with Crippen LogP contribution in [-0.2, 0) is 43.7 Å². The Hall–Kier alpha value is -5.63. The number of rotatable bonds is 6. The number of aromatic nitrogens is 1. The van der Waals surface area contributed by atoms with Crippen molar-refractivity contribution in [1.29, 1.82) is 0 Å². The maximum atomic E-state index is 15.0. The molecule has 0 spiro atoms. The van der Waals surface area contributed by atoms with Crippen molar-refractivity contribution >= 4 is 23.4 Å². The first-order valence-corrected chi connectivity index (χ1v) is 18.8. The lowest BCUT2D eigenvalue weighted by atomic mass is 9.89. The molecule has 3 aliphatic rings. The third kappa shape index (κ3) is 6.41. The van der Waals surface area contributed by atoms with Crippen LogP contribution in [0.1, 0.15) is 86.8 Å². The molecule has 0 saturated carbocycles. The summed E-state index contributed by atoms with van der Waals surface area (Å²) in [5.74, 6) is -0.197. The predicted molar refractivity (Wildman–Crippen MR) is 207 cm³/mol. The molecule has 5 aromatic rings. The van der Waals surface area contributed by atoms with Crippen molar-refractivity contribution < 1.29 is 19.5 Å². The number of hydrogen-bond acceptors (Lipinski definition) is 4. The van der Waals surface area contributed by atoms with Gasteiger partial charge in [-0.15, -0.1) is 0 Å². The molecule has 0 aliphatic carbocycles. The number of carbonyl (C=O) groups excluding carboxylic acids is 3. The zero-order valence-electron chi connectivity index (χ0n) is 30.7. The lowest BCUT2D eigenvalue weighted by Gasteiger charge is -2.36. The number of aromatic hydroxyl groups is 1. The van der Waals surface area contributed by atoms with Crippen LogP contribution in [0, 0.1) is 0 Å². The van der Waals surface area contributed by atoms with Gasteiger partial charge in [-0.1, -0.05) is 54.6 Å². The van der Waals surface area contributed by atoms with Gasteiger partial charge in [0, 0.05) is 67.5 Å². The van der Waals surface area contributed by atoms with Crippen LogP contribution in [-0.4, -0.2) is 56.8 Å². The average molecular weight is 707 g/mol. The SMILES string of the molecule is C[C@@H]1Cc2ccccc2CN1C(=O)c1cc2c(cc1-c1cc(C(=O)N(C)c3ccc(O)cc3)c3n1CCCC3)CCN(C(=O)[C@H](C)c1ccccc1)C2. The first-order valence-electron chi connectivity index (χ1n) is 18.8. The minimum Gasteiger partial charge on any atom is -0.508 e. The maximum absolute atomic E-state index is 15.0. The summed E-state index contributed by atoms with van der Waals surface area (Å²) in [4.78, 5) is 48.5. The molecule has 8 rings (SSSR count). The van der Waals surface area contributed by atoms with Gasteiger partial charge in [0.15, 0.2) is 0 Å². The summed E-state index contributed by atoms with van der Waals surface area (Å²) in [6, 6.07) is 31.1. The maximum Gasteiger partial charge on any atom is 0.259 e. The number of phenols is 1. The van der Waals surface area contributed by atoms with Gasteiger partial charge in [-0.2, -0.15) is 0 Å². The number of hydrogen-bond donors (Lipinski definition) is 1. The zero-order valence-corrected chi connectivity index (χ0v) is 30.7. The molecule has 53 heavy (non-hydrogen) atoms. The number of amides is 3. The molecule has 3 amide bonds. The van der Waals surface area contributed by atoms with E-state index in [1.807, 2.05) is 65.3 Å². The van der Waals surface area contributed by atoms with E-state index in [1.54, 1.807) is 36.2 Å². The van der Waals surface area contributed by atoms with Crippen LogP contribution in [0.15, 0.2) is 97.1 Å². The molecule has 8 nitrogen and oxygen atoms in total. The van der Waals surface area contributed by atoms with Crippen LogP contribution >= 0.6 is 0 Å². The summed E-state index contributed by atoms with van der Waals surface area (Å²) in [6.45, 7) is 6.42. The lowest BCUT2D eigenvalue weighted by Crippen LogP contribution is -2.43. The summed E-state index contributed by atoms with van der Waals surface area (Å²) in [5, 5.41) is 9.85. The highest BCUT2D eigenvalue weighted by atomic mass is 16.3. The third-order valence-corrected chi connectivity index (χ3v) is 11.6. The van der Waals surface area contributed by atoms with Gasteiger partial charge in [-0.05, 0) is 116 Å². The standard InChI is InChI=1S/C45H46N4O4/c1-29-23-32-13-7-8-14-34(32)28-49(29)45(53)39-25-35-27-47(43(51)30(2)31-11-5-4-6-12-31)22-20-33(35)24-38(39)42-26-40(41-15-9-10-21-48(41)42)44(52)46(3)36-16-18-37(50)19-17-36/h4-8,11-14,16-19,24-26,29-30,50H,9-10,15,20-23,27-28H2,1-3H3/t29-,30-/m1/s1. The van der Waals surface area contributed by atoms with Crippen molar-refractivity contribution in [2.75, 3.05) is 18.5 Å². The summed E-state index contributed by atoms with van der Waals surface area (Å²) in [6.07, 6.45) is 4.21. The van der Waals surface area contributed by atoms with Gasteiger partial charge in [0.2, 0.25) is 5.91 Å². The van der Waals surface area contributed by atoms with Crippen LogP contribution in [0.3, 0.4) is 0 Å². The largest absolute Gasteiger partial charge is 0.508 e. The fraction of sp³-hybridized carbons (Fsp3) is 0.311. The van der Waals surface area contributed by atoms with Gasteiger partial charge < -0.3 is 24.4 Å². The van der Waals surface area contributed by atoms with Crippen molar-refractivity contribution in [3.05, 3.63) is 142 Å². The van der Waals surface area contributed by atoms with E-state index in [9.17, 15) is 19.5 Å². The fourth-order valence-corrected chi connectivity index (χ4v) is 8.51. The van der Waals surface area contributed by atoms with Gasteiger partial charge in [0.25, 0.3) is 11.8 Å².